The Morgan fingerprint density at radius 3 is 3.00 bits per heavy atom. The Kier molecular flexibility index (Phi) is 2.01. The second-order valence-corrected chi connectivity index (χ2v) is 3.39. The van der Waals surface area contributed by atoms with Crippen LogP contribution in [0.1, 0.15) is 0 Å². The van der Waals surface area contributed by atoms with E-state index >= 15 is 0 Å². The van der Waals surface area contributed by atoms with Gasteiger partial charge < -0.3 is 14.5 Å². The highest BCUT2D eigenvalue weighted by Gasteiger charge is 2.33. The van der Waals surface area contributed by atoms with E-state index in [1.165, 1.54) is 0 Å². The van der Waals surface area contributed by atoms with Crippen LogP contribution in [0.3, 0.4) is 0 Å². The standard InChI is InChI=1S/C9H11N3O3/c1-3-13-11-8(1)9-2-4-15-12(9)7-5-10-14-6-7/h1-4,6,8-11H,5H2. The maximum Gasteiger partial charge on any atom is 0.135 e. The molecule has 0 saturated carbocycles. The van der Waals surface area contributed by atoms with Gasteiger partial charge in [-0.3, -0.25) is 0 Å². The van der Waals surface area contributed by atoms with Crippen LogP contribution in [0.5, 0.6) is 0 Å². The SMILES string of the molecule is C1=CC(C2C=CON2C2=CONC2)NO1. The topological polar surface area (TPSA) is 55.0 Å². The molecule has 0 spiro atoms. The zero-order valence-corrected chi connectivity index (χ0v) is 7.92. The molecule has 0 aliphatic carbocycles. The number of nitrogens with zero attached hydrogens (tertiary/aromatic N) is 1. The van der Waals surface area contributed by atoms with Crippen LogP contribution >= 0.6 is 0 Å². The summed E-state index contributed by atoms with van der Waals surface area (Å²) >= 11 is 0. The molecule has 15 heavy (non-hydrogen) atoms. The first-order chi connectivity index (χ1) is 7.45. The van der Waals surface area contributed by atoms with Crippen molar-refractivity contribution in [1.29, 1.82) is 0 Å². The molecule has 80 valence electrons. The Labute approximate surface area is 86.6 Å². The van der Waals surface area contributed by atoms with E-state index < -0.39 is 0 Å². The summed E-state index contributed by atoms with van der Waals surface area (Å²) in [5.74, 6) is 0. The molecule has 0 aromatic carbocycles. The molecule has 0 aromatic heterocycles. The van der Waals surface area contributed by atoms with Crippen molar-refractivity contribution >= 4 is 0 Å². The molecular formula is C9H11N3O3. The summed E-state index contributed by atoms with van der Waals surface area (Å²) < 4.78 is 0. The van der Waals surface area contributed by atoms with Crippen LogP contribution in [0.4, 0.5) is 0 Å². The van der Waals surface area contributed by atoms with Gasteiger partial charge in [-0.1, -0.05) is 0 Å². The fourth-order valence-corrected chi connectivity index (χ4v) is 1.72. The molecule has 2 N–H and O–H groups in total. The highest BCUT2D eigenvalue weighted by molar-refractivity contribution is 5.15. The predicted octanol–water partition coefficient (Wildman–Crippen LogP) is -0.0908. The second kappa shape index (κ2) is 3.48. The Balaban J connectivity index is 1.75. The van der Waals surface area contributed by atoms with Crippen LogP contribution in [0.15, 0.2) is 36.6 Å². The van der Waals surface area contributed by atoms with Crippen LogP contribution in [0.2, 0.25) is 0 Å². The third-order valence-corrected chi connectivity index (χ3v) is 2.46. The minimum Gasteiger partial charge on any atom is -0.416 e. The van der Waals surface area contributed by atoms with E-state index in [0.717, 1.165) is 5.70 Å². The average molecular weight is 209 g/mol. The van der Waals surface area contributed by atoms with Gasteiger partial charge in [-0.2, -0.15) is 5.48 Å². The van der Waals surface area contributed by atoms with Gasteiger partial charge in [-0.25, -0.2) is 5.06 Å². The van der Waals surface area contributed by atoms with Gasteiger partial charge in [0.2, 0.25) is 0 Å². The molecule has 0 fully saturated rings. The minimum absolute atomic E-state index is 0.0819. The highest BCUT2D eigenvalue weighted by Crippen LogP contribution is 2.23. The Bertz CT molecular complexity index is 339. The first-order valence-electron chi connectivity index (χ1n) is 4.73. The normalized spacial score (nSPS) is 32.5. The predicted molar refractivity (Wildman–Crippen MR) is 50.2 cm³/mol. The smallest absolute Gasteiger partial charge is 0.135 e. The summed E-state index contributed by atoms with van der Waals surface area (Å²) in [6.07, 6.45) is 8.85. The van der Waals surface area contributed by atoms with Crippen LogP contribution in [0, 0.1) is 0 Å². The number of nitrogens with one attached hydrogen (secondary N) is 2. The van der Waals surface area contributed by atoms with E-state index in [-0.39, 0.29) is 12.1 Å². The summed E-state index contributed by atoms with van der Waals surface area (Å²) in [6, 6.07) is 0.170. The molecule has 0 bridgehead atoms. The van der Waals surface area contributed by atoms with E-state index in [0.29, 0.717) is 6.54 Å². The molecule has 6 heteroatoms. The lowest BCUT2D eigenvalue weighted by Crippen LogP contribution is -2.43. The number of rotatable bonds is 2. The molecule has 3 heterocycles. The monoisotopic (exact) mass is 209 g/mol. The molecule has 2 unspecified atom stereocenters. The third-order valence-electron chi connectivity index (χ3n) is 2.46. The van der Waals surface area contributed by atoms with Crippen molar-refractivity contribution in [3.63, 3.8) is 0 Å². The number of hydroxylamine groups is 4. The van der Waals surface area contributed by atoms with Crippen molar-refractivity contribution in [2.75, 3.05) is 6.54 Å². The number of hydrogen-bond donors (Lipinski definition) is 2. The van der Waals surface area contributed by atoms with Gasteiger partial charge in [0.05, 0.1) is 12.6 Å². The zero-order valence-electron chi connectivity index (χ0n) is 7.92. The lowest BCUT2D eigenvalue weighted by Gasteiger charge is -2.26. The average Bonchev–Trinajstić information content (AvgIpc) is 3.01. The molecular weight excluding hydrogens is 198 g/mol. The summed E-state index contributed by atoms with van der Waals surface area (Å²) in [4.78, 5) is 15.3. The van der Waals surface area contributed by atoms with Gasteiger partial charge in [0.1, 0.15) is 30.5 Å². The van der Waals surface area contributed by atoms with E-state index in [1.807, 2.05) is 12.2 Å². The van der Waals surface area contributed by atoms with Crippen molar-refractivity contribution < 1.29 is 14.5 Å². The van der Waals surface area contributed by atoms with Crippen molar-refractivity contribution in [3.8, 4) is 0 Å². The van der Waals surface area contributed by atoms with Gasteiger partial charge >= 0.3 is 0 Å². The molecule has 6 nitrogen and oxygen atoms in total. The highest BCUT2D eigenvalue weighted by atomic mass is 16.7. The van der Waals surface area contributed by atoms with Crippen molar-refractivity contribution in [3.05, 3.63) is 36.6 Å². The van der Waals surface area contributed by atoms with E-state index in [4.69, 9.17) is 14.5 Å². The summed E-state index contributed by atoms with van der Waals surface area (Å²) in [5.41, 5.74) is 6.58. The minimum atomic E-state index is 0.0819. The lowest BCUT2D eigenvalue weighted by atomic mass is 10.1. The molecule has 2 atom stereocenters. The molecule has 3 rings (SSSR count). The van der Waals surface area contributed by atoms with E-state index in [9.17, 15) is 0 Å². The first-order valence-corrected chi connectivity index (χ1v) is 4.73. The number of hydrogen-bond acceptors (Lipinski definition) is 6. The van der Waals surface area contributed by atoms with Gasteiger partial charge in [-0.05, 0) is 12.2 Å². The largest absolute Gasteiger partial charge is 0.416 e. The van der Waals surface area contributed by atoms with Crippen LogP contribution in [-0.4, -0.2) is 23.7 Å². The second-order valence-electron chi connectivity index (χ2n) is 3.39. The Morgan fingerprint density at radius 2 is 2.27 bits per heavy atom. The summed E-state index contributed by atoms with van der Waals surface area (Å²) in [7, 11) is 0. The van der Waals surface area contributed by atoms with E-state index in [2.05, 4.69) is 11.0 Å². The van der Waals surface area contributed by atoms with Crippen molar-refractivity contribution in [2.24, 2.45) is 0 Å². The van der Waals surface area contributed by atoms with Crippen LogP contribution in [0.25, 0.3) is 0 Å². The Hall–Kier alpha value is -1.66. The van der Waals surface area contributed by atoms with Gasteiger partial charge in [0, 0.05) is 0 Å². The first kappa shape index (κ1) is 8.63. The van der Waals surface area contributed by atoms with Gasteiger partial charge in [-0.15, -0.1) is 5.48 Å². The van der Waals surface area contributed by atoms with Crippen molar-refractivity contribution in [2.45, 2.75) is 12.1 Å². The summed E-state index contributed by atoms with van der Waals surface area (Å²) in [6.45, 7) is 0.634. The molecule has 0 amide bonds. The third kappa shape index (κ3) is 1.43. The molecule has 0 saturated heterocycles. The van der Waals surface area contributed by atoms with Gasteiger partial charge in [0.25, 0.3) is 0 Å². The molecule has 3 aliphatic rings. The lowest BCUT2D eigenvalue weighted by molar-refractivity contribution is -0.0803. The zero-order chi connectivity index (χ0) is 10.1. The maximum atomic E-state index is 5.40. The van der Waals surface area contributed by atoms with Crippen LogP contribution in [-0.2, 0) is 14.5 Å². The van der Waals surface area contributed by atoms with Gasteiger partial charge in [0.15, 0.2) is 0 Å². The molecule has 0 radical (unpaired) electrons. The Morgan fingerprint density at radius 1 is 1.27 bits per heavy atom. The fraction of sp³-hybridized carbons (Fsp3) is 0.333. The van der Waals surface area contributed by atoms with Crippen LogP contribution < -0.4 is 11.0 Å². The summed E-state index contributed by atoms with van der Waals surface area (Å²) in [5, 5.41) is 1.79. The molecule has 3 aliphatic heterocycles. The quantitative estimate of drug-likeness (QED) is 0.663. The molecule has 0 aromatic rings. The van der Waals surface area contributed by atoms with Crippen molar-refractivity contribution in [1.82, 2.24) is 16.0 Å². The van der Waals surface area contributed by atoms with E-state index in [1.54, 1.807) is 23.8 Å². The fourth-order valence-electron chi connectivity index (χ4n) is 1.72. The maximum absolute atomic E-state index is 5.40.